The maximum atomic E-state index is 11.5. The Balaban J connectivity index is 1.95. The van der Waals surface area contributed by atoms with E-state index in [-0.39, 0.29) is 5.97 Å². The van der Waals surface area contributed by atoms with Crippen molar-refractivity contribution in [3.8, 4) is 0 Å². The summed E-state index contributed by atoms with van der Waals surface area (Å²) < 4.78 is 7.03. The van der Waals surface area contributed by atoms with E-state index in [2.05, 4.69) is 21.8 Å². The van der Waals surface area contributed by atoms with Crippen LogP contribution in [0.4, 0.5) is 5.69 Å². The number of imidazole rings is 1. The van der Waals surface area contributed by atoms with E-state index >= 15 is 0 Å². The highest BCUT2D eigenvalue weighted by atomic mass is 16.5. The highest BCUT2D eigenvalue weighted by Gasteiger charge is 2.06. The van der Waals surface area contributed by atoms with E-state index in [9.17, 15) is 4.79 Å². The number of nitrogens with one attached hydrogen (secondary N) is 1. The zero-order chi connectivity index (χ0) is 14.4. The monoisotopic (exact) mass is 273 g/mol. The van der Waals surface area contributed by atoms with Crippen LogP contribution in [0.1, 0.15) is 30.0 Å². The summed E-state index contributed by atoms with van der Waals surface area (Å²) in [6.07, 6.45) is 3.76. The number of hydrogen-bond donors (Lipinski definition) is 1. The van der Waals surface area contributed by atoms with E-state index in [1.54, 1.807) is 25.3 Å². The number of esters is 1. The molecule has 20 heavy (non-hydrogen) atoms. The summed E-state index contributed by atoms with van der Waals surface area (Å²) in [4.78, 5) is 15.8. The van der Waals surface area contributed by atoms with Crippen molar-refractivity contribution in [1.29, 1.82) is 0 Å². The van der Waals surface area contributed by atoms with Gasteiger partial charge in [-0.2, -0.15) is 0 Å². The molecule has 0 atom stereocenters. The van der Waals surface area contributed by atoms with Crippen LogP contribution in [0.5, 0.6) is 0 Å². The summed E-state index contributed by atoms with van der Waals surface area (Å²) in [6.45, 7) is 5.82. The fourth-order valence-electron chi connectivity index (χ4n) is 1.91. The average Bonchev–Trinajstić information content (AvgIpc) is 2.93. The summed E-state index contributed by atoms with van der Waals surface area (Å²) in [7, 11) is 0. The van der Waals surface area contributed by atoms with Gasteiger partial charge < -0.3 is 14.6 Å². The highest BCUT2D eigenvalue weighted by molar-refractivity contribution is 5.89. The number of benzene rings is 1. The lowest BCUT2D eigenvalue weighted by atomic mass is 10.2. The molecule has 0 amide bonds. The van der Waals surface area contributed by atoms with Gasteiger partial charge in [-0.25, -0.2) is 9.78 Å². The zero-order valence-electron chi connectivity index (χ0n) is 11.8. The molecule has 0 unspecified atom stereocenters. The quantitative estimate of drug-likeness (QED) is 0.822. The molecule has 1 heterocycles. The SMILES string of the molecule is CCOC(=O)c1ccc(NCc2nccn2CC)cc1. The molecule has 5 heteroatoms. The lowest BCUT2D eigenvalue weighted by Gasteiger charge is -2.08. The Morgan fingerprint density at radius 1 is 1.30 bits per heavy atom. The molecule has 0 aliphatic rings. The van der Waals surface area contributed by atoms with Crippen LogP contribution >= 0.6 is 0 Å². The Bertz CT molecular complexity index is 561. The third-order valence-electron chi connectivity index (χ3n) is 2.99. The van der Waals surface area contributed by atoms with Crippen LogP contribution in [-0.4, -0.2) is 22.1 Å². The first-order valence-corrected chi connectivity index (χ1v) is 6.75. The molecule has 0 aliphatic heterocycles. The minimum absolute atomic E-state index is 0.291. The van der Waals surface area contributed by atoms with Gasteiger partial charge >= 0.3 is 5.97 Å². The predicted molar refractivity (Wildman–Crippen MR) is 77.6 cm³/mol. The lowest BCUT2D eigenvalue weighted by molar-refractivity contribution is 0.0526. The fraction of sp³-hybridized carbons (Fsp3) is 0.333. The van der Waals surface area contributed by atoms with Crippen LogP contribution in [0.15, 0.2) is 36.7 Å². The fourth-order valence-corrected chi connectivity index (χ4v) is 1.91. The Hall–Kier alpha value is -2.30. The van der Waals surface area contributed by atoms with Gasteiger partial charge in [-0.3, -0.25) is 0 Å². The maximum Gasteiger partial charge on any atom is 0.338 e. The van der Waals surface area contributed by atoms with Crippen LogP contribution in [0.25, 0.3) is 0 Å². The van der Waals surface area contributed by atoms with Crippen molar-refractivity contribution >= 4 is 11.7 Å². The molecule has 1 aromatic heterocycles. The number of carbonyl (C=O) groups excluding carboxylic acids is 1. The van der Waals surface area contributed by atoms with Crippen molar-refractivity contribution in [2.45, 2.75) is 26.9 Å². The number of hydrogen-bond acceptors (Lipinski definition) is 4. The normalized spacial score (nSPS) is 10.3. The van der Waals surface area contributed by atoms with Crippen molar-refractivity contribution in [1.82, 2.24) is 9.55 Å². The predicted octanol–water partition coefficient (Wildman–Crippen LogP) is 2.69. The minimum Gasteiger partial charge on any atom is -0.462 e. The van der Waals surface area contributed by atoms with Crippen molar-refractivity contribution in [2.75, 3.05) is 11.9 Å². The molecule has 2 aromatic rings. The summed E-state index contributed by atoms with van der Waals surface area (Å²) in [5.74, 6) is 0.697. The van der Waals surface area contributed by atoms with Gasteiger partial charge in [0, 0.05) is 24.6 Å². The Kier molecular flexibility index (Phi) is 4.76. The number of carbonyl (C=O) groups is 1. The second kappa shape index (κ2) is 6.75. The lowest BCUT2D eigenvalue weighted by Crippen LogP contribution is -2.08. The van der Waals surface area contributed by atoms with E-state index in [1.165, 1.54) is 0 Å². The minimum atomic E-state index is -0.291. The third kappa shape index (κ3) is 3.38. The first kappa shape index (κ1) is 14.1. The Morgan fingerprint density at radius 2 is 2.05 bits per heavy atom. The summed E-state index contributed by atoms with van der Waals surface area (Å²) in [6, 6.07) is 7.25. The number of nitrogens with zero attached hydrogens (tertiary/aromatic N) is 2. The van der Waals surface area contributed by atoms with E-state index in [0.717, 1.165) is 18.1 Å². The molecule has 0 bridgehead atoms. The molecule has 5 nitrogen and oxygen atoms in total. The highest BCUT2D eigenvalue weighted by Crippen LogP contribution is 2.12. The molecule has 0 aliphatic carbocycles. The summed E-state index contributed by atoms with van der Waals surface area (Å²) >= 11 is 0. The van der Waals surface area contributed by atoms with Gasteiger partial charge in [-0.05, 0) is 38.1 Å². The second-order valence-electron chi connectivity index (χ2n) is 4.28. The van der Waals surface area contributed by atoms with Crippen molar-refractivity contribution in [2.24, 2.45) is 0 Å². The van der Waals surface area contributed by atoms with Crippen molar-refractivity contribution in [3.63, 3.8) is 0 Å². The van der Waals surface area contributed by atoms with Gasteiger partial charge in [0.25, 0.3) is 0 Å². The molecule has 0 spiro atoms. The molecule has 0 fully saturated rings. The van der Waals surface area contributed by atoms with Gasteiger partial charge in [-0.15, -0.1) is 0 Å². The van der Waals surface area contributed by atoms with Crippen LogP contribution < -0.4 is 5.32 Å². The van der Waals surface area contributed by atoms with E-state index in [1.807, 2.05) is 18.3 Å². The van der Waals surface area contributed by atoms with Crippen LogP contribution in [-0.2, 0) is 17.8 Å². The molecule has 2 rings (SSSR count). The molecule has 1 N–H and O–H groups in total. The van der Waals surface area contributed by atoms with Crippen molar-refractivity contribution in [3.05, 3.63) is 48.0 Å². The van der Waals surface area contributed by atoms with Crippen LogP contribution in [0.3, 0.4) is 0 Å². The molecule has 0 radical (unpaired) electrons. The maximum absolute atomic E-state index is 11.5. The second-order valence-corrected chi connectivity index (χ2v) is 4.28. The van der Waals surface area contributed by atoms with Gasteiger partial charge in [0.15, 0.2) is 0 Å². The smallest absolute Gasteiger partial charge is 0.338 e. The average molecular weight is 273 g/mol. The molecular formula is C15H19N3O2. The summed E-state index contributed by atoms with van der Waals surface area (Å²) in [5.41, 5.74) is 1.51. The van der Waals surface area contributed by atoms with Crippen LogP contribution in [0.2, 0.25) is 0 Å². The number of ether oxygens (including phenoxy) is 1. The first-order valence-electron chi connectivity index (χ1n) is 6.75. The zero-order valence-corrected chi connectivity index (χ0v) is 11.8. The molecule has 0 saturated heterocycles. The third-order valence-corrected chi connectivity index (χ3v) is 2.99. The number of rotatable bonds is 6. The molecule has 106 valence electrons. The van der Waals surface area contributed by atoms with Gasteiger partial charge in [-0.1, -0.05) is 0 Å². The van der Waals surface area contributed by atoms with Gasteiger partial charge in [0.1, 0.15) is 5.82 Å². The number of anilines is 1. The van der Waals surface area contributed by atoms with E-state index in [0.29, 0.717) is 18.7 Å². The van der Waals surface area contributed by atoms with E-state index < -0.39 is 0 Å². The number of aromatic nitrogens is 2. The Labute approximate surface area is 118 Å². The van der Waals surface area contributed by atoms with Crippen LogP contribution in [0, 0.1) is 0 Å². The summed E-state index contributed by atoms with van der Waals surface area (Å²) in [5, 5.41) is 3.28. The largest absolute Gasteiger partial charge is 0.462 e. The number of aryl methyl sites for hydroxylation is 1. The molecular weight excluding hydrogens is 254 g/mol. The van der Waals surface area contributed by atoms with Gasteiger partial charge in [0.2, 0.25) is 0 Å². The van der Waals surface area contributed by atoms with E-state index in [4.69, 9.17) is 4.74 Å². The molecule has 0 saturated carbocycles. The van der Waals surface area contributed by atoms with Crippen molar-refractivity contribution < 1.29 is 9.53 Å². The molecule has 1 aromatic carbocycles. The van der Waals surface area contributed by atoms with Gasteiger partial charge in [0.05, 0.1) is 18.7 Å². The topological polar surface area (TPSA) is 56.1 Å². The first-order chi connectivity index (χ1) is 9.74. The Morgan fingerprint density at radius 3 is 2.70 bits per heavy atom. The standard InChI is InChI=1S/C15H19N3O2/c1-3-18-10-9-16-14(18)11-17-13-7-5-12(6-8-13)15(19)20-4-2/h5-10,17H,3-4,11H2,1-2H3.